The first kappa shape index (κ1) is 25.6. The first-order chi connectivity index (χ1) is 15.6. The zero-order valence-electron chi connectivity index (χ0n) is 18.4. The molecule has 0 radical (unpaired) electrons. The van der Waals surface area contributed by atoms with Gasteiger partial charge in [0, 0.05) is 23.2 Å². The molecule has 0 saturated carbocycles. The normalized spacial score (nSPS) is 12.5. The molecule has 0 heterocycles. The summed E-state index contributed by atoms with van der Waals surface area (Å²) in [5.74, 6) is -0.695. The summed E-state index contributed by atoms with van der Waals surface area (Å²) in [5.41, 5.74) is -3.47. The van der Waals surface area contributed by atoms with E-state index in [4.69, 9.17) is 11.6 Å². The number of amides is 1. The van der Waals surface area contributed by atoms with Crippen LogP contribution in [-0.4, -0.2) is 13.0 Å². The van der Waals surface area contributed by atoms with Crippen molar-refractivity contribution in [1.82, 2.24) is 0 Å². The van der Waals surface area contributed by atoms with Crippen LogP contribution < -0.4 is 4.90 Å². The van der Waals surface area contributed by atoms with Gasteiger partial charge >= 0.3 is 12.4 Å². The highest BCUT2D eigenvalue weighted by molar-refractivity contribution is 6.33. The Morgan fingerprint density at radius 2 is 1.18 bits per heavy atom. The number of rotatable bonds is 4. The van der Waals surface area contributed by atoms with Gasteiger partial charge in [0.15, 0.2) is 0 Å². The van der Waals surface area contributed by atoms with E-state index < -0.39 is 40.4 Å². The number of hydrogen-bond acceptors (Lipinski definition) is 1. The summed E-state index contributed by atoms with van der Waals surface area (Å²) in [5, 5.41) is 0.419. The minimum Gasteiger partial charge on any atom is -0.314 e. The fourth-order valence-electron chi connectivity index (χ4n) is 3.64. The molecule has 0 aromatic heterocycles. The highest BCUT2D eigenvalue weighted by Gasteiger charge is 2.41. The minimum absolute atomic E-state index is 0.0421. The van der Waals surface area contributed by atoms with E-state index in [1.165, 1.54) is 25.8 Å². The van der Waals surface area contributed by atoms with E-state index in [9.17, 15) is 31.1 Å². The number of likely N-dealkylation sites (N-methyl/N-ethyl adjacent to an activating group) is 1. The van der Waals surface area contributed by atoms with Crippen LogP contribution in [0.5, 0.6) is 0 Å². The van der Waals surface area contributed by atoms with Gasteiger partial charge in [0.1, 0.15) is 0 Å². The van der Waals surface area contributed by atoms with Crippen molar-refractivity contribution in [3.05, 3.63) is 88.4 Å². The molecule has 9 heteroatoms. The van der Waals surface area contributed by atoms with Crippen molar-refractivity contribution < 1.29 is 31.1 Å². The molecule has 0 N–H and O–H groups in total. The van der Waals surface area contributed by atoms with Crippen molar-refractivity contribution >= 4 is 23.2 Å². The van der Waals surface area contributed by atoms with Crippen LogP contribution in [-0.2, 0) is 22.6 Å². The van der Waals surface area contributed by atoms with Gasteiger partial charge in [-0.15, -0.1) is 0 Å². The average molecular weight is 500 g/mol. The molecule has 0 aliphatic carbocycles. The standard InChI is InChI=1S/C25H20ClF6NO/c1-23(2,15-12-16(24(27,28)29)14-17(13-15)25(30,31)32)22(34)33(3)21-11-7-5-9-19(21)18-8-4-6-10-20(18)26/h4-14H,1-3H3. The molecule has 3 aromatic carbocycles. The van der Waals surface area contributed by atoms with Gasteiger partial charge in [0.25, 0.3) is 0 Å². The van der Waals surface area contributed by atoms with Crippen LogP contribution in [0.1, 0.15) is 30.5 Å². The minimum atomic E-state index is -5.02. The molecule has 3 rings (SSSR count). The molecule has 34 heavy (non-hydrogen) atoms. The fourth-order valence-corrected chi connectivity index (χ4v) is 3.88. The molecule has 0 bridgehead atoms. The highest BCUT2D eigenvalue weighted by atomic mass is 35.5. The molecular formula is C25H20ClF6NO. The van der Waals surface area contributed by atoms with E-state index in [-0.39, 0.29) is 6.07 Å². The lowest BCUT2D eigenvalue weighted by molar-refractivity contribution is -0.143. The van der Waals surface area contributed by atoms with E-state index in [0.717, 1.165) is 0 Å². The van der Waals surface area contributed by atoms with Gasteiger partial charge in [-0.1, -0.05) is 48.0 Å². The van der Waals surface area contributed by atoms with Crippen LogP contribution in [0.25, 0.3) is 11.1 Å². The van der Waals surface area contributed by atoms with Gasteiger partial charge in [-0.25, -0.2) is 0 Å². The Balaban J connectivity index is 2.10. The molecule has 0 aliphatic heterocycles. The molecule has 0 atom stereocenters. The first-order valence-corrected chi connectivity index (χ1v) is 10.4. The highest BCUT2D eigenvalue weighted by Crippen LogP contribution is 2.41. The Morgan fingerprint density at radius 3 is 1.68 bits per heavy atom. The number of hydrogen-bond donors (Lipinski definition) is 0. The molecular weight excluding hydrogens is 480 g/mol. The van der Waals surface area contributed by atoms with Gasteiger partial charge in [-0.2, -0.15) is 26.3 Å². The molecule has 2 nitrogen and oxygen atoms in total. The molecule has 3 aromatic rings. The Morgan fingerprint density at radius 1 is 0.735 bits per heavy atom. The average Bonchev–Trinajstić information content (AvgIpc) is 2.77. The third-order valence-corrected chi connectivity index (χ3v) is 5.91. The van der Waals surface area contributed by atoms with Crippen molar-refractivity contribution in [2.24, 2.45) is 0 Å². The zero-order valence-corrected chi connectivity index (χ0v) is 19.1. The number of halogens is 7. The molecule has 1 amide bonds. The van der Waals surface area contributed by atoms with E-state index in [1.54, 1.807) is 48.5 Å². The smallest absolute Gasteiger partial charge is 0.314 e. The van der Waals surface area contributed by atoms with Gasteiger partial charge in [0.2, 0.25) is 5.91 Å². The topological polar surface area (TPSA) is 20.3 Å². The lowest BCUT2D eigenvalue weighted by atomic mass is 9.81. The predicted octanol–water partition coefficient (Wildman–Crippen LogP) is 7.99. The van der Waals surface area contributed by atoms with Crippen molar-refractivity contribution in [2.45, 2.75) is 31.6 Å². The summed E-state index contributed by atoms with van der Waals surface area (Å²) in [4.78, 5) is 14.7. The quantitative estimate of drug-likeness (QED) is 0.333. The largest absolute Gasteiger partial charge is 0.416 e. The van der Waals surface area contributed by atoms with Gasteiger partial charge in [0.05, 0.1) is 22.2 Å². The predicted molar refractivity (Wildman–Crippen MR) is 120 cm³/mol. The maximum Gasteiger partial charge on any atom is 0.416 e. The third kappa shape index (κ3) is 5.06. The molecule has 0 fully saturated rings. The molecule has 0 spiro atoms. The van der Waals surface area contributed by atoms with Crippen LogP contribution >= 0.6 is 11.6 Å². The lowest BCUT2D eigenvalue weighted by Gasteiger charge is -2.32. The monoisotopic (exact) mass is 499 g/mol. The number of alkyl halides is 6. The van der Waals surface area contributed by atoms with Crippen LogP contribution in [0.4, 0.5) is 32.0 Å². The number of carbonyl (C=O) groups excluding carboxylic acids is 1. The van der Waals surface area contributed by atoms with Crippen LogP contribution in [0.15, 0.2) is 66.7 Å². The Labute approximate surface area is 197 Å². The van der Waals surface area contributed by atoms with Crippen LogP contribution in [0.2, 0.25) is 5.02 Å². The SMILES string of the molecule is CN(C(=O)C(C)(C)c1cc(C(F)(F)F)cc(C(F)(F)F)c1)c1ccccc1-c1ccccc1Cl. The zero-order chi connectivity index (χ0) is 25.5. The van der Waals surface area contributed by atoms with Gasteiger partial charge in [-0.05, 0) is 49.7 Å². The van der Waals surface area contributed by atoms with E-state index in [2.05, 4.69) is 0 Å². The molecule has 0 saturated heterocycles. The second-order valence-corrected chi connectivity index (χ2v) is 8.69. The summed E-state index contributed by atoms with van der Waals surface area (Å²) in [6.45, 7) is 2.58. The maximum absolute atomic E-state index is 13.5. The van der Waals surface area contributed by atoms with Crippen molar-refractivity contribution in [3.63, 3.8) is 0 Å². The molecule has 0 unspecified atom stereocenters. The van der Waals surface area contributed by atoms with Crippen molar-refractivity contribution in [3.8, 4) is 11.1 Å². The summed E-state index contributed by atoms with van der Waals surface area (Å²) >= 11 is 6.30. The molecule has 0 aliphatic rings. The summed E-state index contributed by atoms with van der Waals surface area (Å²) in [6, 6.07) is 14.9. The summed E-state index contributed by atoms with van der Waals surface area (Å²) < 4.78 is 80.1. The lowest BCUT2D eigenvalue weighted by Crippen LogP contribution is -2.42. The second kappa shape index (κ2) is 8.98. The van der Waals surface area contributed by atoms with Crippen molar-refractivity contribution in [1.29, 1.82) is 0 Å². The third-order valence-electron chi connectivity index (χ3n) is 5.58. The van der Waals surface area contributed by atoms with E-state index in [0.29, 0.717) is 34.0 Å². The summed E-state index contributed by atoms with van der Waals surface area (Å²) in [7, 11) is 1.41. The van der Waals surface area contributed by atoms with Crippen molar-refractivity contribution in [2.75, 3.05) is 11.9 Å². The Kier molecular flexibility index (Phi) is 6.77. The molecule has 180 valence electrons. The van der Waals surface area contributed by atoms with Gasteiger partial charge in [-0.3, -0.25) is 4.79 Å². The fraction of sp³-hybridized carbons (Fsp3) is 0.240. The first-order valence-electron chi connectivity index (χ1n) is 10.1. The second-order valence-electron chi connectivity index (χ2n) is 8.28. The number of anilines is 1. The number of benzene rings is 3. The van der Waals surface area contributed by atoms with Crippen LogP contribution in [0, 0.1) is 0 Å². The van der Waals surface area contributed by atoms with Crippen LogP contribution in [0.3, 0.4) is 0 Å². The Hall–Kier alpha value is -3.00. The van der Waals surface area contributed by atoms with Gasteiger partial charge < -0.3 is 4.90 Å². The Bertz CT molecular complexity index is 1180. The van der Waals surface area contributed by atoms with E-state index in [1.807, 2.05) is 0 Å². The summed E-state index contributed by atoms with van der Waals surface area (Å²) in [6.07, 6.45) is -10.0. The maximum atomic E-state index is 13.5. The number of carbonyl (C=O) groups is 1. The number of nitrogens with zero attached hydrogens (tertiary/aromatic N) is 1. The van der Waals surface area contributed by atoms with E-state index >= 15 is 0 Å². The number of para-hydroxylation sites is 1.